The quantitative estimate of drug-likeness (QED) is 0.641. The number of furan rings is 1. The number of fused-ring (bicyclic) bond motifs is 1. The van der Waals surface area contributed by atoms with E-state index in [1.165, 1.54) is 0 Å². The number of likely N-dealkylation sites (tertiary alicyclic amines) is 1. The first-order valence-electron chi connectivity index (χ1n) is 11.4. The summed E-state index contributed by atoms with van der Waals surface area (Å²) in [5, 5.41) is 10.6. The molecule has 3 aromatic rings. The van der Waals surface area contributed by atoms with Gasteiger partial charge in [-0.05, 0) is 55.8 Å². The predicted molar refractivity (Wildman–Crippen MR) is 122 cm³/mol. The van der Waals surface area contributed by atoms with Crippen LogP contribution in [0, 0.1) is 0 Å². The molecule has 7 nitrogen and oxygen atoms in total. The Labute approximate surface area is 187 Å². The number of pyridine rings is 1. The zero-order valence-electron chi connectivity index (χ0n) is 18.2. The SMILES string of the molecule is O=C(c1ccc(-c2ccc3oc(CCN4CCC[C@@H]4CO)cc3c2)nc1)N1CCOCC1. The lowest BCUT2D eigenvalue weighted by atomic mass is 10.1. The number of ether oxygens (including phenoxy) is 1. The van der Waals surface area contributed by atoms with Crippen LogP contribution in [0.1, 0.15) is 29.0 Å². The summed E-state index contributed by atoms with van der Waals surface area (Å²) in [6, 6.07) is 12.2. The van der Waals surface area contributed by atoms with E-state index in [9.17, 15) is 9.90 Å². The summed E-state index contributed by atoms with van der Waals surface area (Å²) in [6.45, 7) is 4.60. The number of carbonyl (C=O) groups excluding carboxylic acids is 1. The average Bonchev–Trinajstić information content (AvgIpc) is 3.48. The molecule has 0 bridgehead atoms. The number of amides is 1. The molecule has 32 heavy (non-hydrogen) atoms. The maximum absolute atomic E-state index is 12.6. The number of nitrogens with zero attached hydrogens (tertiary/aromatic N) is 3. The van der Waals surface area contributed by atoms with Crippen LogP contribution >= 0.6 is 0 Å². The smallest absolute Gasteiger partial charge is 0.255 e. The summed E-state index contributed by atoms with van der Waals surface area (Å²) in [4.78, 5) is 21.3. The lowest BCUT2D eigenvalue weighted by Crippen LogP contribution is -2.40. The van der Waals surface area contributed by atoms with Gasteiger partial charge in [-0.15, -0.1) is 0 Å². The molecule has 168 valence electrons. The van der Waals surface area contributed by atoms with Gasteiger partial charge < -0.3 is 19.2 Å². The highest BCUT2D eigenvalue weighted by Crippen LogP contribution is 2.27. The van der Waals surface area contributed by atoms with Gasteiger partial charge in [0.05, 0.1) is 31.1 Å². The van der Waals surface area contributed by atoms with E-state index in [0.29, 0.717) is 31.9 Å². The zero-order valence-corrected chi connectivity index (χ0v) is 18.2. The van der Waals surface area contributed by atoms with Gasteiger partial charge in [-0.3, -0.25) is 14.7 Å². The van der Waals surface area contributed by atoms with E-state index >= 15 is 0 Å². The number of morpholine rings is 1. The molecule has 1 amide bonds. The molecule has 2 aliphatic rings. The first-order valence-corrected chi connectivity index (χ1v) is 11.4. The number of aliphatic hydroxyl groups excluding tert-OH is 1. The monoisotopic (exact) mass is 435 g/mol. The van der Waals surface area contributed by atoms with Crippen molar-refractivity contribution in [3.05, 3.63) is 53.9 Å². The number of hydrogen-bond donors (Lipinski definition) is 1. The second-order valence-corrected chi connectivity index (χ2v) is 8.57. The van der Waals surface area contributed by atoms with E-state index in [4.69, 9.17) is 9.15 Å². The summed E-state index contributed by atoms with van der Waals surface area (Å²) in [5.74, 6) is 0.962. The van der Waals surface area contributed by atoms with Crippen LogP contribution in [0.25, 0.3) is 22.2 Å². The number of rotatable bonds is 6. The highest BCUT2D eigenvalue weighted by molar-refractivity contribution is 5.94. The van der Waals surface area contributed by atoms with Crippen molar-refractivity contribution in [3.8, 4) is 11.3 Å². The van der Waals surface area contributed by atoms with Crippen LogP contribution in [0.5, 0.6) is 0 Å². The predicted octanol–water partition coefficient (Wildman–Crippen LogP) is 2.97. The lowest BCUT2D eigenvalue weighted by Gasteiger charge is -2.26. The molecule has 0 aliphatic carbocycles. The number of benzene rings is 1. The summed E-state index contributed by atoms with van der Waals surface area (Å²) in [5.41, 5.74) is 3.29. The highest BCUT2D eigenvalue weighted by Gasteiger charge is 2.23. The Balaban J connectivity index is 1.27. The van der Waals surface area contributed by atoms with Crippen molar-refractivity contribution >= 4 is 16.9 Å². The zero-order chi connectivity index (χ0) is 21.9. The number of hydrogen-bond acceptors (Lipinski definition) is 6. The van der Waals surface area contributed by atoms with Gasteiger partial charge in [0.1, 0.15) is 11.3 Å². The number of aromatic nitrogens is 1. The standard InChI is InChI=1S/C25H29N3O4/c29-17-21-2-1-8-27(21)9-7-22-15-20-14-18(4-6-24(20)32-22)23-5-3-19(16-26-23)25(30)28-10-12-31-13-11-28/h3-6,14-16,21,29H,1-2,7-13,17H2/t21-/m1/s1. The van der Waals surface area contributed by atoms with E-state index in [1.807, 2.05) is 29.2 Å². The van der Waals surface area contributed by atoms with Crippen LogP contribution in [0.3, 0.4) is 0 Å². The van der Waals surface area contributed by atoms with Crippen molar-refractivity contribution in [1.82, 2.24) is 14.8 Å². The van der Waals surface area contributed by atoms with Crippen LogP contribution in [-0.2, 0) is 11.2 Å². The van der Waals surface area contributed by atoms with Crippen molar-refractivity contribution in [2.24, 2.45) is 0 Å². The number of aliphatic hydroxyl groups is 1. The van der Waals surface area contributed by atoms with Gasteiger partial charge in [0.2, 0.25) is 0 Å². The molecule has 2 saturated heterocycles. The van der Waals surface area contributed by atoms with E-state index < -0.39 is 0 Å². The topological polar surface area (TPSA) is 79.0 Å². The molecule has 0 spiro atoms. The second kappa shape index (κ2) is 9.40. The maximum atomic E-state index is 12.6. The fourth-order valence-corrected chi connectivity index (χ4v) is 4.67. The molecule has 2 aliphatic heterocycles. The Morgan fingerprint density at radius 2 is 2.00 bits per heavy atom. The minimum absolute atomic E-state index is 0.00344. The maximum Gasteiger partial charge on any atom is 0.255 e. The molecule has 0 saturated carbocycles. The lowest BCUT2D eigenvalue weighted by molar-refractivity contribution is 0.0302. The summed E-state index contributed by atoms with van der Waals surface area (Å²) in [6.07, 6.45) is 4.71. The van der Waals surface area contributed by atoms with Crippen molar-refractivity contribution in [2.45, 2.75) is 25.3 Å². The van der Waals surface area contributed by atoms with Crippen LogP contribution in [-0.4, -0.2) is 77.8 Å². The van der Waals surface area contributed by atoms with E-state index in [-0.39, 0.29) is 18.6 Å². The molecule has 0 radical (unpaired) electrons. The Kier molecular flexibility index (Phi) is 6.21. The van der Waals surface area contributed by atoms with Gasteiger partial charge in [0.15, 0.2) is 0 Å². The normalized spacial score (nSPS) is 19.7. The van der Waals surface area contributed by atoms with E-state index in [2.05, 4.69) is 22.0 Å². The Bertz CT molecular complexity index is 1070. The van der Waals surface area contributed by atoms with Gasteiger partial charge in [0.25, 0.3) is 5.91 Å². The van der Waals surface area contributed by atoms with Crippen molar-refractivity contribution in [2.75, 3.05) is 46.0 Å². The molecule has 7 heteroatoms. The van der Waals surface area contributed by atoms with Gasteiger partial charge in [0, 0.05) is 49.2 Å². The van der Waals surface area contributed by atoms with Crippen LogP contribution < -0.4 is 0 Å². The largest absolute Gasteiger partial charge is 0.461 e. The summed E-state index contributed by atoms with van der Waals surface area (Å²) < 4.78 is 11.4. The molecule has 2 aromatic heterocycles. The summed E-state index contributed by atoms with van der Waals surface area (Å²) >= 11 is 0. The molecule has 5 rings (SSSR count). The Hall–Kier alpha value is -2.74. The third kappa shape index (κ3) is 4.41. The van der Waals surface area contributed by atoms with Crippen LogP contribution in [0.4, 0.5) is 0 Å². The summed E-state index contributed by atoms with van der Waals surface area (Å²) in [7, 11) is 0. The third-order valence-corrected chi connectivity index (χ3v) is 6.53. The minimum atomic E-state index is 0.00344. The molecule has 1 aromatic carbocycles. The fraction of sp³-hybridized carbons (Fsp3) is 0.440. The molecular weight excluding hydrogens is 406 g/mol. The first kappa shape index (κ1) is 21.1. The van der Waals surface area contributed by atoms with Gasteiger partial charge in [-0.25, -0.2) is 0 Å². The average molecular weight is 436 g/mol. The Morgan fingerprint density at radius 3 is 2.78 bits per heavy atom. The number of carbonyl (C=O) groups is 1. The third-order valence-electron chi connectivity index (χ3n) is 6.53. The minimum Gasteiger partial charge on any atom is -0.461 e. The highest BCUT2D eigenvalue weighted by atomic mass is 16.5. The van der Waals surface area contributed by atoms with Crippen LogP contribution in [0.2, 0.25) is 0 Å². The van der Waals surface area contributed by atoms with Gasteiger partial charge in [-0.1, -0.05) is 0 Å². The fourth-order valence-electron chi connectivity index (χ4n) is 4.67. The van der Waals surface area contributed by atoms with Crippen LogP contribution in [0.15, 0.2) is 47.0 Å². The van der Waals surface area contributed by atoms with Crippen molar-refractivity contribution in [1.29, 1.82) is 0 Å². The van der Waals surface area contributed by atoms with Gasteiger partial charge in [-0.2, -0.15) is 0 Å². The first-order chi connectivity index (χ1) is 15.7. The second-order valence-electron chi connectivity index (χ2n) is 8.57. The molecular formula is C25H29N3O4. The van der Waals surface area contributed by atoms with E-state index in [1.54, 1.807) is 6.20 Å². The Morgan fingerprint density at radius 1 is 1.12 bits per heavy atom. The van der Waals surface area contributed by atoms with Crippen molar-refractivity contribution in [3.63, 3.8) is 0 Å². The van der Waals surface area contributed by atoms with E-state index in [0.717, 1.165) is 60.3 Å². The molecule has 2 fully saturated rings. The molecule has 1 atom stereocenters. The van der Waals surface area contributed by atoms with Crippen molar-refractivity contribution < 1.29 is 19.1 Å². The molecule has 1 N–H and O–H groups in total. The molecule has 4 heterocycles. The van der Waals surface area contributed by atoms with Gasteiger partial charge >= 0.3 is 0 Å². The molecule has 0 unspecified atom stereocenters.